The van der Waals surface area contributed by atoms with Gasteiger partial charge in [-0.3, -0.25) is 4.79 Å². The van der Waals surface area contributed by atoms with Gasteiger partial charge in [-0.2, -0.15) is 0 Å². The van der Waals surface area contributed by atoms with E-state index in [4.69, 9.17) is 4.74 Å². The SMILES string of the molecule is CC.CC(C)NC(=O)c1ccc(N2CCN(C(=O)OC(C)(C)C)CC2)cc1. The van der Waals surface area contributed by atoms with E-state index in [1.807, 2.05) is 72.7 Å². The number of piperazine rings is 1. The summed E-state index contributed by atoms with van der Waals surface area (Å²) in [6.45, 7) is 16.3. The first-order valence-electron chi connectivity index (χ1n) is 9.79. The molecule has 152 valence electrons. The van der Waals surface area contributed by atoms with Crippen LogP contribution in [0, 0.1) is 0 Å². The van der Waals surface area contributed by atoms with Crippen molar-refractivity contribution >= 4 is 17.7 Å². The van der Waals surface area contributed by atoms with Crippen LogP contribution in [0.15, 0.2) is 24.3 Å². The Morgan fingerprint density at radius 2 is 1.52 bits per heavy atom. The molecule has 1 N–H and O–H groups in total. The van der Waals surface area contributed by atoms with E-state index in [1.165, 1.54) is 0 Å². The van der Waals surface area contributed by atoms with E-state index in [-0.39, 0.29) is 18.0 Å². The molecule has 0 atom stereocenters. The molecule has 6 heteroatoms. The average Bonchev–Trinajstić information content (AvgIpc) is 2.62. The highest BCUT2D eigenvalue weighted by molar-refractivity contribution is 5.94. The molecule has 0 bridgehead atoms. The summed E-state index contributed by atoms with van der Waals surface area (Å²) in [4.78, 5) is 28.1. The number of nitrogens with one attached hydrogen (secondary N) is 1. The number of rotatable bonds is 3. The van der Waals surface area contributed by atoms with Crippen LogP contribution in [0.4, 0.5) is 10.5 Å². The first kappa shape index (κ1) is 22.8. The van der Waals surface area contributed by atoms with Gasteiger partial charge in [0.15, 0.2) is 0 Å². The normalized spacial score (nSPS) is 14.4. The number of ether oxygens (including phenoxy) is 1. The van der Waals surface area contributed by atoms with Gasteiger partial charge in [-0.05, 0) is 58.9 Å². The second-order valence-electron chi connectivity index (χ2n) is 7.63. The van der Waals surface area contributed by atoms with Gasteiger partial charge in [-0.15, -0.1) is 0 Å². The molecule has 1 aliphatic rings. The van der Waals surface area contributed by atoms with Crippen molar-refractivity contribution in [1.82, 2.24) is 10.2 Å². The summed E-state index contributed by atoms with van der Waals surface area (Å²) in [5.74, 6) is -0.0590. The maximum atomic E-state index is 12.1. The maximum absolute atomic E-state index is 12.1. The summed E-state index contributed by atoms with van der Waals surface area (Å²) in [5.41, 5.74) is 1.25. The summed E-state index contributed by atoms with van der Waals surface area (Å²) < 4.78 is 5.42. The van der Waals surface area contributed by atoms with E-state index < -0.39 is 5.60 Å². The van der Waals surface area contributed by atoms with E-state index in [0.29, 0.717) is 18.7 Å². The smallest absolute Gasteiger partial charge is 0.410 e. The lowest BCUT2D eigenvalue weighted by molar-refractivity contribution is 0.0240. The number of hydrogen-bond donors (Lipinski definition) is 1. The topological polar surface area (TPSA) is 61.9 Å². The molecule has 6 nitrogen and oxygen atoms in total. The summed E-state index contributed by atoms with van der Waals surface area (Å²) >= 11 is 0. The van der Waals surface area contributed by atoms with E-state index in [1.54, 1.807) is 4.90 Å². The van der Waals surface area contributed by atoms with Gasteiger partial charge in [0, 0.05) is 43.5 Å². The van der Waals surface area contributed by atoms with Crippen molar-refractivity contribution in [3.63, 3.8) is 0 Å². The highest BCUT2D eigenvalue weighted by Crippen LogP contribution is 2.19. The van der Waals surface area contributed by atoms with Gasteiger partial charge in [0.2, 0.25) is 0 Å². The highest BCUT2D eigenvalue weighted by atomic mass is 16.6. The number of amides is 2. The number of anilines is 1. The molecule has 1 heterocycles. The van der Waals surface area contributed by atoms with E-state index in [9.17, 15) is 9.59 Å². The first-order valence-corrected chi connectivity index (χ1v) is 9.79. The van der Waals surface area contributed by atoms with Crippen molar-refractivity contribution in [3.8, 4) is 0 Å². The molecule has 1 aromatic rings. The zero-order valence-corrected chi connectivity index (χ0v) is 17.8. The lowest BCUT2D eigenvalue weighted by Crippen LogP contribution is -2.50. The monoisotopic (exact) mass is 377 g/mol. The van der Waals surface area contributed by atoms with Crippen molar-refractivity contribution < 1.29 is 14.3 Å². The van der Waals surface area contributed by atoms with Crippen LogP contribution in [0.5, 0.6) is 0 Å². The van der Waals surface area contributed by atoms with Crippen molar-refractivity contribution in [3.05, 3.63) is 29.8 Å². The van der Waals surface area contributed by atoms with Gasteiger partial charge >= 0.3 is 6.09 Å². The fourth-order valence-electron chi connectivity index (χ4n) is 2.64. The number of nitrogens with zero attached hydrogens (tertiary/aromatic N) is 2. The van der Waals surface area contributed by atoms with Gasteiger partial charge in [0.25, 0.3) is 5.91 Å². The Labute approximate surface area is 163 Å². The lowest BCUT2D eigenvalue weighted by Gasteiger charge is -2.36. The summed E-state index contributed by atoms with van der Waals surface area (Å²) in [6.07, 6.45) is -0.257. The Hall–Kier alpha value is -2.24. The second-order valence-corrected chi connectivity index (χ2v) is 7.63. The Morgan fingerprint density at radius 1 is 1.00 bits per heavy atom. The molecule has 27 heavy (non-hydrogen) atoms. The lowest BCUT2D eigenvalue weighted by atomic mass is 10.1. The second kappa shape index (κ2) is 10.2. The van der Waals surface area contributed by atoms with Gasteiger partial charge < -0.3 is 19.9 Å². The van der Waals surface area contributed by atoms with Gasteiger partial charge in [0.05, 0.1) is 0 Å². The van der Waals surface area contributed by atoms with Gasteiger partial charge in [-0.1, -0.05) is 13.8 Å². The van der Waals surface area contributed by atoms with Crippen LogP contribution in [0.1, 0.15) is 58.8 Å². The molecule has 0 aliphatic carbocycles. The van der Waals surface area contributed by atoms with Crippen LogP contribution in [-0.2, 0) is 4.74 Å². The number of benzene rings is 1. The summed E-state index contributed by atoms with van der Waals surface area (Å²) in [5, 5.41) is 2.88. The van der Waals surface area contributed by atoms with Crippen molar-refractivity contribution in [1.29, 1.82) is 0 Å². The Balaban J connectivity index is 0.00000176. The molecular formula is C21H35N3O3. The Bertz CT molecular complexity index is 598. The van der Waals surface area contributed by atoms with Crippen LogP contribution in [-0.4, -0.2) is 54.7 Å². The Morgan fingerprint density at radius 3 is 1.96 bits per heavy atom. The third-order valence-electron chi connectivity index (χ3n) is 3.85. The fraction of sp³-hybridized carbons (Fsp3) is 0.619. The molecule has 0 radical (unpaired) electrons. The standard InChI is InChI=1S/C19H29N3O3.C2H6/c1-14(2)20-17(23)15-6-8-16(9-7-15)21-10-12-22(13-11-21)18(24)25-19(3,4)5;1-2/h6-9,14H,10-13H2,1-5H3,(H,20,23);1-2H3. The first-order chi connectivity index (χ1) is 12.7. The molecule has 0 spiro atoms. The Kier molecular flexibility index (Phi) is 8.60. The molecular weight excluding hydrogens is 342 g/mol. The van der Waals surface area contributed by atoms with Gasteiger partial charge in [0.1, 0.15) is 5.60 Å². The van der Waals surface area contributed by atoms with E-state index in [2.05, 4.69) is 10.2 Å². The molecule has 1 fully saturated rings. The number of hydrogen-bond acceptors (Lipinski definition) is 4. The van der Waals surface area contributed by atoms with E-state index in [0.717, 1.165) is 18.8 Å². The minimum Gasteiger partial charge on any atom is -0.444 e. The predicted molar refractivity (Wildman–Crippen MR) is 110 cm³/mol. The van der Waals surface area contributed by atoms with Gasteiger partial charge in [-0.25, -0.2) is 4.79 Å². The summed E-state index contributed by atoms with van der Waals surface area (Å²) in [6, 6.07) is 7.71. The van der Waals surface area contributed by atoms with Crippen molar-refractivity contribution in [2.24, 2.45) is 0 Å². The molecule has 1 aromatic carbocycles. The molecule has 2 amide bonds. The molecule has 1 saturated heterocycles. The minimum atomic E-state index is -0.472. The van der Waals surface area contributed by atoms with Crippen LogP contribution >= 0.6 is 0 Å². The molecule has 2 rings (SSSR count). The van der Waals surface area contributed by atoms with Crippen LogP contribution in [0.2, 0.25) is 0 Å². The molecule has 0 aromatic heterocycles. The van der Waals surface area contributed by atoms with E-state index >= 15 is 0 Å². The third kappa shape index (κ3) is 7.49. The zero-order valence-electron chi connectivity index (χ0n) is 17.8. The molecule has 0 saturated carbocycles. The number of carbonyl (C=O) groups excluding carboxylic acids is 2. The zero-order chi connectivity index (χ0) is 20.6. The quantitative estimate of drug-likeness (QED) is 0.868. The highest BCUT2D eigenvalue weighted by Gasteiger charge is 2.26. The molecule has 0 unspecified atom stereocenters. The van der Waals surface area contributed by atoms with Crippen molar-refractivity contribution in [2.75, 3.05) is 31.1 Å². The average molecular weight is 378 g/mol. The summed E-state index contributed by atoms with van der Waals surface area (Å²) in [7, 11) is 0. The third-order valence-corrected chi connectivity index (χ3v) is 3.85. The number of carbonyl (C=O) groups is 2. The van der Waals surface area contributed by atoms with Crippen molar-refractivity contribution in [2.45, 2.75) is 60.1 Å². The fourth-order valence-corrected chi connectivity index (χ4v) is 2.64. The largest absolute Gasteiger partial charge is 0.444 e. The van der Waals surface area contributed by atoms with Crippen LogP contribution < -0.4 is 10.2 Å². The predicted octanol–water partition coefficient (Wildman–Crippen LogP) is 3.91. The van der Waals surface area contributed by atoms with Crippen LogP contribution in [0.25, 0.3) is 0 Å². The maximum Gasteiger partial charge on any atom is 0.410 e. The van der Waals surface area contributed by atoms with Crippen LogP contribution in [0.3, 0.4) is 0 Å². The minimum absolute atomic E-state index is 0.0590. The molecule has 1 aliphatic heterocycles.